The number of nitrogens with one attached hydrogen (secondary N) is 2. The standard InChI is InChI=1S/C25H41N3O4/c1-10-11-12-26-22(29)21(19-14-17(4)13-18(5)15-19)28(9)23(30)20(16(2)3)27-24(31)32-25(6,7)8/h13-16,20-21H,10-12H2,1-9H3,(H,26,29)(H,27,31). The highest BCUT2D eigenvalue weighted by Crippen LogP contribution is 2.24. The molecule has 7 nitrogen and oxygen atoms in total. The van der Waals surface area contributed by atoms with Gasteiger partial charge in [0.2, 0.25) is 11.8 Å². The number of carbonyl (C=O) groups excluding carboxylic acids is 3. The van der Waals surface area contributed by atoms with Crippen molar-refractivity contribution in [2.75, 3.05) is 13.6 Å². The van der Waals surface area contributed by atoms with Crippen LogP contribution in [0, 0.1) is 19.8 Å². The maximum atomic E-state index is 13.5. The van der Waals surface area contributed by atoms with Gasteiger partial charge in [-0.2, -0.15) is 0 Å². The second-order valence-electron chi connectivity index (χ2n) is 9.79. The van der Waals surface area contributed by atoms with Gasteiger partial charge in [0.25, 0.3) is 0 Å². The summed E-state index contributed by atoms with van der Waals surface area (Å²) in [6, 6.07) is 4.24. The van der Waals surface area contributed by atoms with Crippen LogP contribution in [0.1, 0.15) is 77.1 Å². The minimum absolute atomic E-state index is 0.194. The van der Waals surface area contributed by atoms with Crippen molar-refractivity contribution >= 4 is 17.9 Å². The fourth-order valence-corrected chi connectivity index (χ4v) is 3.50. The van der Waals surface area contributed by atoms with Crippen molar-refractivity contribution in [3.8, 4) is 0 Å². The number of aryl methyl sites for hydroxylation is 2. The molecule has 0 radical (unpaired) electrons. The van der Waals surface area contributed by atoms with E-state index in [1.807, 2.05) is 45.9 Å². The van der Waals surface area contributed by atoms with E-state index in [4.69, 9.17) is 4.74 Å². The van der Waals surface area contributed by atoms with Crippen molar-refractivity contribution in [2.45, 2.75) is 85.9 Å². The van der Waals surface area contributed by atoms with E-state index in [9.17, 15) is 14.4 Å². The molecule has 0 aliphatic carbocycles. The van der Waals surface area contributed by atoms with Gasteiger partial charge in [0.15, 0.2) is 0 Å². The number of alkyl carbamates (subject to hydrolysis) is 1. The van der Waals surface area contributed by atoms with Crippen LogP contribution in [0.2, 0.25) is 0 Å². The maximum absolute atomic E-state index is 13.5. The molecular weight excluding hydrogens is 406 g/mol. The Morgan fingerprint density at radius 1 is 1.06 bits per heavy atom. The molecule has 0 saturated heterocycles. The molecule has 7 heteroatoms. The zero-order valence-corrected chi connectivity index (χ0v) is 21.2. The van der Waals surface area contributed by atoms with Gasteiger partial charge in [-0.1, -0.05) is 56.5 Å². The topological polar surface area (TPSA) is 87.7 Å². The van der Waals surface area contributed by atoms with Crippen molar-refractivity contribution in [3.63, 3.8) is 0 Å². The van der Waals surface area contributed by atoms with E-state index in [1.165, 1.54) is 4.90 Å². The smallest absolute Gasteiger partial charge is 0.408 e. The molecule has 1 rings (SSSR count). The van der Waals surface area contributed by atoms with Crippen LogP contribution in [0.15, 0.2) is 18.2 Å². The molecule has 32 heavy (non-hydrogen) atoms. The Balaban J connectivity index is 3.24. The van der Waals surface area contributed by atoms with E-state index < -0.39 is 23.8 Å². The van der Waals surface area contributed by atoms with Gasteiger partial charge in [0, 0.05) is 13.6 Å². The highest BCUT2D eigenvalue weighted by molar-refractivity contribution is 5.92. The summed E-state index contributed by atoms with van der Waals surface area (Å²) in [5.41, 5.74) is 2.09. The molecule has 2 N–H and O–H groups in total. The third-order valence-electron chi connectivity index (χ3n) is 4.98. The summed E-state index contributed by atoms with van der Waals surface area (Å²) in [4.78, 5) is 40.4. The second-order valence-corrected chi connectivity index (χ2v) is 9.79. The van der Waals surface area contributed by atoms with Gasteiger partial charge >= 0.3 is 6.09 Å². The first-order valence-corrected chi connectivity index (χ1v) is 11.4. The quantitative estimate of drug-likeness (QED) is 0.554. The van der Waals surface area contributed by atoms with Gasteiger partial charge in [-0.3, -0.25) is 9.59 Å². The first kappa shape index (κ1) is 27.5. The van der Waals surface area contributed by atoms with Crippen LogP contribution in [-0.2, 0) is 14.3 Å². The van der Waals surface area contributed by atoms with Gasteiger partial charge in [0.05, 0.1) is 0 Å². The average molecular weight is 448 g/mol. The molecule has 0 heterocycles. The van der Waals surface area contributed by atoms with Crippen molar-refractivity contribution < 1.29 is 19.1 Å². The van der Waals surface area contributed by atoms with Crippen LogP contribution >= 0.6 is 0 Å². The highest BCUT2D eigenvalue weighted by Gasteiger charge is 2.35. The summed E-state index contributed by atoms with van der Waals surface area (Å²) < 4.78 is 5.34. The molecule has 2 atom stereocenters. The summed E-state index contributed by atoms with van der Waals surface area (Å²) in [5, 5.41) is 5.64. The lowest BCUT2D eigenvalue weighted by Gasteiger charge is -2.33. The molecule has 0 aliphatic rings. The molecule has 0 aromatic heterocycles. The number of benzene rings is 1. The SMILES string of the molecule is CCCCNC(=O)C(c1cc(C)cc(C)c1)N(C)C(=O)C(NC(=O)OC(C)(C)C)C(C)C. The third-order valence-corrected chi connectivity index (χ3v) is 4.98. The highest BCUT2D eigenvalue weighted by atomic mass is 16.6. The van der Waals surface area contributed by atoms with E-state index in [-0.39, 0.29) is 17.7 Å². The molecule has 0 spiro atoms. The van der Waals surface area contributed by atoms with Crippen LogP contribution in [0.25, 0.3) is 0 Å². The van der Waals surface area contributed by atoms with Crippen molar-refractivity contribution in [1.82, 2.24) is 15.5 Å². The summed E-state index contributed by atoms with van der Waals surface area (Å²) in [6.45, 7) is 15.5. The Kier molecular flexibility index (Phi) is 10.2. The van der Waals surface area contributed by atoms with Gasteiger partial charge in [-0.05, 0) is 52.5 Å². The maximum Gasteiger partial charge on any atom is 0.408 e. The largest absolute Gasteiger partial charge is 0.444 e. The van der Waals surface area contributed by atoms with Crippen LogP contribution in [-0.4, -0.2) is 48.0 Å². The van der Waals surface area contributed by atoms with Gasteiger partial charge in [-0.25, -0.2) is 4.79 Å². The fourth-order valence-electron chi connectivity index (χ4n) is 3.50. The van der Waals surface area contributed by atoms with Crippen molar-refractivity contribution in [1.29, 1.82) is 0 Å². The third kappa shape index (κ3) is 8.52. The Bertz CT molecular complexity index is 779. The molecular formula is C25H41N3O4. The molecule has 3 amide bonds. The van der Waals surface area contributed by atoms with Crippen LogP contribution in [0.3, 0.4) is 0 Å². The van der Waals surface area contributed by atoms with Crippen molar-refractivity contribution in [2.24, 2.45) is 5.92 Å². The number of likely N-dealkylation sites (N-methyl/N-ethyl adjacent to an activating group) is 1. The minimum Gasteiger partial charge on any atom is -0.444 e. The number of amides is 3. The zero-order valence-electron chi connectivity index (χ0n) is 21.2. The summed E-state index contributed by atoms with van der Waals surface area (Å²) in [6.07, 6.45) is 1.16. The van der Waals surface area contributed by atoms with E-state index in [2.05, 4.69) is 17.6 Å². The number of hydrogen-bond donors (Lipinski definition) is 2. The Labute approximate surface area is 193 Å². The number of ether oxygens (including phenoxy) is 1. The fraction of sp³-hybridized carbons (Fsp3) is 0.640. The Morgan fingerprint density at radius 2 is 1.62 bits per heavy atom. The lowest BCUT2D eigenvalue weighted by Crippen LogP contribution is -2.53. The number of rotatable bonds is 9. The lowest BCUT2D eigenvalue weighted by molar-refractivity contribution is -0.141. The summed E-state index contributed by atoms with van der Waals surface area (Å²) >= 11 is 0. The van der Waals surface area contributed by atoms with Crippen molar-refractivity contribution in [3.05, 3.63) is 34.9 Å². The molecule has 0 bridgehead atoms. The van der Waals surface area contributed by atoms with Crippen LogP contribution in [0.5, 0.6) is 0 Å². The molecule has 180 valence electrons. The first-order chi connectivity index (χ1) is 14.8. The number of carbonyl (C=O) groups is 3. The van der Waals surface area contributed by atoms with Crippen LogP contribution in [0.4, 0.5) is 4.79 Å². The van der Waals surface area contributed by atoms with Gasteiger partial charge in [0.1, 0.15) is 17.7 Å². The first-order valence-electron chi connectivity index (χ1n) is 11.4. The molecule has 0 fully saturated rings. The molecule has 1 aromatic carbocycles. The zero-order chi connectivity index (χ0) is 24.6. The lowest BCUT2D eigenvalue weighted by atomic mass is 9.97. The predicted octanol–water partition coefficient (Wildman–Crippen LogP) is 4.27. The van der Waals surface area contributed by atoms with Crippen LogP contribution < -0.4 is 10.6 Å². The predicted molar refractivity (Wildman–Crippen MR) is 127 cm³/mol. The number of nitrogens with zero attached hydrogens (tertiary/aromatic N) is 1. The number of hydrogen-bond acceptors (Lipinski definition) is 4. The Morgan fingerprint density at radius 3 is 2.09 bits per heavy atom. The monoisotopic (exact) mass is 447 g/mol. The average Bonchev–Trinajstić information content (AvgIpc) is 2.63. The molecule has 0 aliphatic heterocycles. The van der Waals surface area contributed by atoms with Gasteiger partial charge < -0.3 is 20.3 Å². The summed E-state index contributed by atoms with van der Waals surface area (Å²) in [5.74, 6) is -0.778. The normalized spacial score (nSPS) is 13.3. The second kappa shape index (κ2) is 11.9. The minimum atomic E-state index is -0.827. The van der Waals surface area contributed by atoms with E-state index in [0.717, 1.165) is 29.5 Å². The van der Waals surface area contributed by atoms with E-state index in [0.29, 0.717) is 6.54 Å². The van der Waals surface area contributed by atoms with E-state index in [1.54, 1.807) is 27.8 Å². The molecule has 2 unspecified atom stereocenters. The summed E-state index contributed by atoms with van der Waals surface area (Å²) in [7, 11) is 1.61. The Hall–Kier alpha value is -2.57. The van der Waals surface area contributed by atoms with E-state index >= 15 is 0 Å². The molecule has 0 saturated carbocycles. The molecule has 1 aromatic rings. The number of unbranched alkanes of at least 4 members (excludes halogenated alkanes) is 1. The van der Waals surface area contributed by atoms with Gasteiger partial charge in [-0.15, -0.1) is 0 Å².